The van der Waals surface area contributed by atoms with Gasteiger partial charge in [0.15, 0.2) is 0 Å². The minimum Gasteiger partial charge on any atom is -0.384 e. The summed E-state index contributed by atoms with van der Waals surface area (Å²) in [6.07, 6.45) is 3.00. The molecule has 2 aromatic rings. The predicted octanol–water partition coefficient (Wildman–Crippen LogP) is 0.256. The lowest BCUT2D eigenvalue weighted by molar-refractivity contribution is -0.388. The van der Waals surface area contributed by atoms with E-state index in [9.17, 15) is 10.1 Å². The van der Waals surface area contributed by atoms with Crippen LogP contribution in [0.3, 0.4) is 0 Å². The summed E-state index contributed by atoms with van der Waals surface area (Å²) in [4.78, 5) is 13.9. The van der Waals surface area contributed by atoms with Crippen molar-refractivity contribution in [1.29, 1.82) is 0 Å². The molecule has 0 saturated carbocycles. The van der Waals surface area contributed by atoms with Gasteiger partial charge in [0, 0.05) is 26.2 Å². The second kappa shape index (κ2) is 4.35. The van der Waals surface area contributed by atoms with Crippen molar-refractivity contribution in [3.05, 3.63) is 28.2 Å². The fourth-order valence-corrected chi connectivity index (χ4v) is 1.56. The number of rotatable bonds is 4. The molecule has 0 aliphatic carbocycles. The maximum absolute atomic E-state index is 10.8. The van der Waals surface area contributed by atoms with Gasteiger partial charge < -0.3 is 21.2 Å². The SMILES string of the molecule is Cn1cnc([N+](=O)[O-])c1NCc1cnn(C)c1N. The van der Waals surface area contributed by atoms with Crippen molar-refractivity contribution in [3.8, 4) is 0 Å². The lowest BCUT2D eigenvalue weighted by Gasteiger charge is -2.05. The molecule has 0 unspecified atom stereocenters. The number of nitrogens with zero attached hydrogens (tertiary/aromatic N) is 5. The van der Waals surface area contributed by atoms with Crippen LogP contribution in [0.5, 0.6) is 0 Å². The fourth-order valence-electron chi connectivity index (χ4n) is 1.56. The van der Waals surface area contributed by atoms with Crippen molar-refractivity contribution in [2.45, 2.75) is 6.54 Å². The van der Waals surface area contributed by atoms with E-state index in [2.05, 4.69) is 15.4 Å². The van der Waals surface area contributed by atoms with E-state index < -0.39 is 4.92 Å². The van der Waals surface area contributed by atoms with Crippen molar-refractivity contribution < 1.29 is 4.92 Å². The molecule has 0 amide bonds. The van der Waals surface area contributed by atoms with E-state index in [0.717, 1.165) is 5.56 Å². The molecule has 2 aromatic heterocycles. The van der Waals surface area contributed by atoms with Crippen LogP contribution in [0.15, 0.2) is 12.5 Å². The van der Waals surface area contributed by atoms with Crippen LogP contribution in [-0.2, 0) is 20.6 Å². The van der Waals surface area contributed by atoms with Crippen LogP contribution in [0, 0.1) is 10.1 Å². The topological polar surface area (TPSA) is 117 Å². The highest BCUT2D eigenvalue weighted by Crippen LogP contribution is 2.22. The number of hydrogen-bond acceptors (Lipinski definition) is 6. The summed E-state index contributed by atoms with van der Waals surface area (Å²) in [5, 5.41) is 17.7. The molecule has 0 aromatic carbocycles. The van der Waals surface area contributed by atoms with Gasteiger partial charge >= 0.3 is 5.82 Å². The number of anilines is 2. The Labute approximate surface area is 102 Å². The molecule has 18 heavy (non-hydrogen) atoms. The number of aromatic nitrogens is 4. The van der Waals surface area contributed by atoms with E-state index in [0.29, 0.717) is 18.2 Å². The molecular weight excluding hydrogens is 238 g/mol. The highest BCUT2D eigenvalue weighted by atomic mass is 16.6. The fraction of sp³-hybridized carbons (Fsp3) is 0.333. The third kappa shape index (κ3) is 1.97. The Balaban J connectivity index is 2.18. The number of nitrogens with two attached hydrogens (primary N) is 1. The van der Waals surface area contributed by atoms with E-state index in [-0.39, 0.29) is 5.82 Å². The molecule has 9 nitrogen and oxygen atoms in total. The van der Waals surface area contributed by atoms with Gasteiger partial charge in [-0.05, 0) is 9.91 Å². The zero-order valence-electron chi connectivity index (χ0n) is 9.99. The number of nitro groups is 1. The van der Waals surface area contributed by atoms with Gasteiger partial charge in [-0.25, -0.2) is 0 Å². The molecule has 0 atom stereocenters. The monoisotopic (exact) mass is 251 g/mol. The van der Waals surface area contributed by atoms with Crippen LogP contribution >= 0.6 is 0 Å². The van der Waals surface area contributed by atoms with E-state index in [4.69, 9.17) is 5.73 Å². The number of nitrogens with one attached hydrogen (secondary N) is 1. The largest absolute Gasteiger partial charge is 0.406 e. The molecule has 0 bridgehead atoms. The van der Waals surface area contributed by atoms with Crippen molar-refractivity contribution >= 4 is 17.5 Å². The molecule has 3 N–H and O–H groups in total. The first kappa shape index (κ1) is 11.9. The van der Waals surface area contributed by atoms with E-state index in [1.807, 2.05) is 0 Å². The van der Waals surface area contributed by atoms with Crippen molar-refractivity contribution in [1.82, 2.24) is 19.3 Å². The van der Waals surface area contributed by atoms with Gasteiger partial charge in [0.05, 0.1) is 6.20 Å². The Morgan fingerprint density at radius 2 is 2.28 bits per heavy atom. The normalized spacial score (nSPS) is 10.6. The molecule has 0 radical (unpaired) electrons. The molecule has 9 heteroatoms. The first-order chi connectivity index (χ1) is 8.50. The van der Waals surface area contributed by atoms with Crippen molar-refractivity contribution in [2.75, 3.05) is 11.1 Å². The Bertz CT molecular complexity index is 586. The maximum atomic E-state index is 10.8. The average Bonchev–Trinajstić information content (AvgIpc) is 2.83. The Kier molecular flexibility index (Phi) is 2.88. The van der Waals surface area contributed by atoms with Crippen LogP contribution < -0.4 is 11.1 Å². The molecule has 0 saturated heterocycles. The standard InChI is InChI=1S/C9H13N7O2/c1-14-5-12-9(16(17)18)8(14)11-3-6-4-13-15(2)7(6)10/h4-5,11H,3,10H2,1-2H3. The summed E-state index contributed by atoms with van der Waals surface area (Å²) in [6.45, 7) is 0.347. The second-order valence-corrected chi connectivity index (χ2v) is 3.82. The first-order valence-electron chi connectivity index (χ1n) is 5.16. The summed E-state index contributed by atoms with van der Waals surface area (Å²) >= 11 is 0. The van der Waals surface area contributed by atoms with Crippen LogP contribution in [0.2, 0.25) is 0 Å². The third-order valence-electron chi connectivity index (χ3n) is 2.60. The van der Waals surface area contributed by atoms with E-state index in [1.165, 1.54) is 11.0 Å². The zero-order valence-corrected chi connectivity index (χ0v) is 9.99. The molecule has 0 aliphatic heterocycles. The van der Waals surface area contributed by atoms with Crippen LogP contribution in [0.1, 0.15) is 5.56 Å². The minimum atomic E-state index is -0.533. The molecule has 0 aliphatic rings. The summed E-state index contributed by atoms with van der Waals surface area (Å²) in [6, 6.07) is 0. The highest BCUT2D eigenvalue weighted by molar-refractivity contribution is 5.53. The minimum absolute atomic E-state index is 0.208. The molecule has 96 valence electrons. The van der Waals surface area contributed by atoms with Gasteiger partial charge in [0.1, 0.15) is 5.82 Å². The maximum Gasteiger partial charge on any atom is 0.406 e. The highest BCUT2D eigenvalue weighted by Gasteiger charge is 2.20. The van der Waals surface area contributed by atoms with Crippen LogP contribution in [0.4, 0.5) is 17.5 Å². The van der Waals surface area contributed by atoms with Crippen LogP contribution in [0.25, 0.3) is 0 Å². The lowest BCUT2D eigenvalue weighted by Crippen LogP contribution is -2.07. The molecular formula is C9H13N7O2. The van der Waals surface area contributed by atoms with Crippen molar-refractivity contribution in [3.63, 3.8) is 0 Å². The zero-order chi connectivity index (χ0) is 13.3. The third-order valence-corrected chi connectivity index (χ3v) is 2.60. The Morgan fingerprint density at radius 3 is 2.83 bits per heavy atom. The van der Waals surface area contributed by atoms with Gasteiger partial charge in [0.25, 0.3) is 0 Å². The molecule has 2 rings (SSSR count). The Morgan fingerprint density at radius 1 is 1.56 bits per heavy atom. The van der Waals surface area contributed by atoms with Crippen LogP contribution in [-0.4, -0.2) is 24.3 Å². The molecule has 0 fully saturated rings. The lowest BCUT2D eigenvalue weighted by atomic mass is 10.3. The smallest absolute Gasteiger partial charge is 0.384 e. The molecule has 0 spiro atoms. The number of aryl methyl sites for hydroxylation is 2. The summed E-state index contributed by atoms with van der Waals surface area (Å²) in [5.74, 6) is 0.649. The average molecular weight is 251 g/mol. The number of hydrogen-bond donors (Lipinski definition) is 2. The number of imidazole rings is 1. The summed E-state index contributed by atoms with van der Waals surface area (Å²) < 4.78 is 3.08. The van der Waals surface area contributed by atoms with Gasteiger partial charge in [-0.2, -0.15) is 5.10 Å². The van der Waals surface area contributed by atoms with E-state index >= 15 is 0 Å². The quantitative estimate of drug-likeness (QED) is 0.594. The van der Waals surface area contributed by atoms with Gasteiger partial charge in [-0.3, -0.25) is 9.25 Å². The van der Waals surface area contributed by atoms with Crippen molar-refractivity contribution in [2.24, 2.45) is 14.1 Å². The first-order valence-corrected chi connectivity index (χ1v) is 5.16. The second-order valence-electron chi connectivity index (χ2n) is 3.82. The molecule has 2 heterocycles. The summed E-state index contributed by atoms with van der Waals surface area (Å²) in [7, 11) is 3.40. The van der Waals surface area contributed by atoms with Gasteiger partial charge in [0.2, 0.25) is 12.1 Å². The van der Waals surface area contributed by atoms with Gasteiger partial charge in [-0.15, -0.1) is 0 Å². The predicted molar refractivity (Wildman–Crippen MR) is 64.8 cm³/mol. The Hall–Kier alpha value is -2.58. The van der Waals surface area contributed by atoms with Gasteiger partial charge in [-0.1, -0.05) is 0 Å². The van der Waals surface area contributed by atoms with E-state index in [1.54, 1.807) is 24.9 Å². The number of nitrogen functional groups attached to an aromatic ring is 1. The summed E-state index contributed by atoms with van der Waals surface area (Å²) in [5.41, 5.74) is 6.55.